The van der Waals surface area contributed by atoms with Crippen LogP contribution in [-0.2, 0) is 0 Å². The number of hydrogen-bond acceptors (Lipinski definition) is 3. The fourth-order valence-electron chi connectivity index (χ4n) is 1.31. The number of rotatable bonds is 3. The SMILES string of the molecule is CC=Cc1ccc(O)cc1C(=O)C(C)O. The van der Waals surface area contributed by atoms with Crippen molar-refractivity contribution in [1.29, 1.82) is 0 Å². The number of aromatic hydroxyl groups is 1. The van der Waals surface area contributed by atoms with Gasteiger partial charge in [-0.2, -0.15) is 0 Å². The van der Waals surface area contributed by atoms with Gasteiger partial charge in [-0.25, -0.2) is 0 Å². The first-order valence-electron chi connectivity index (χ1n) is 4.74. The third kappa shape index (κ3) is 2.67. The topological polar surface area (TPSA) is 57.5 Å². The number of carbonyl (C=O) groups excluding carboxylic acids is 1. The number of carbonyl (C=O) groups is 1. The molecule has 0 aliphatic rings. The van der Waals surface area contributed by atoms with Crippen molar-refractivity contribution in [1.82, 2.24) is 0 Å². The lowest BCUT2D eigenvalue weighted by atomic mass is 10.00. The molecule has 1 atom stereocenters. The van der Waals surface area contributed by atoms with Crippen molar-refractivity contribution in [2.24, 2.45) is 0 Å². The van der Waals surface area contributed by atoms with Crippen molar-refractivity contribution in [3.63, 3.8) is 0 Å². The molecule has 0 saturated carbocycles. The van der Waals surface area contributed by atoms with Crippen molar-refractivity contribution < 1.29 is 15.0 Å². The summed E-state index contributed by atoms with van der Waals surface area (Å²) in [4.78, 5) is 11.6. The molecule has 0 aliphatic carbocycles. The Bertz CT molecular complexity index is 392. The number of Topliss-reactive ketones (excluding diaryl/α,β-unsaturated/α-hetero) is 1. The third-order valence-electron chi connectivity index (χ3n) is 2.03. The van der Waals surface area contributed by atoms with E-state index in [1.54, 1.807) is 18.2 Å². The maximum atomic E-state index is 11.6. The second-order valence-corrected chi connectivity index (χ2v) is 3.31. The summed E-state index contributed by atoms with van der Waals surface area (Å²) in [7, 11) is 0. The van der Waals surface area contributed by atoms with E-state index in [0.29, 0.717) is 11.1 Å². The highest BCUT2D eigenvalue weighted by Gasteiger charge is 2.15. The van der Waals surface area contributed by atoms with E-state index in [1.165, 1.54) is 19.1 Å². The maximum absolute atomic E-state index is 11.6. The molecular weight excluding hydrogens is 192 g/mol. The highest BCUT2D eigenvalue weighted by atomic mass is 16.3. The average Bonchev–Trinajstić information content (AvgIpc) is 2.20. The molecule has 0 bridgehead atoms. The Hall–Kier alpha value is -1.61. The van der Waals surface area contributed by atoms with Crippen molar-refractivity contribution in [3.05, 3.63) is 35.4 Å². The van der Waals surface area contributed by atoms with Crippen LogP contribution in [0, 0.1) is 0 Å². The molecule has 1 aromatic carbocycles. The molecule has 1 rings (SSSR count). The van der Waals surface area contributed by atoms with Crippen LogP contribution in [0.4, 0.5) is 0 Å². The summed E-state index contributed by atoms with van der Waals surface area (Å²) < 4.78 is 0. The molecule has 0 heterocycles. The van der Waals surface area contributed by atoms with Crippen LogP contribution in [-0.4, -0.2) is 22.1 Å². The number of ketones is 1. The highest BCUT2D eigenvalue weighted by Crippen LogP contribution is 2.19. The van der Waals surface area contributed by atoms with Gasteiger partial charge in [0.1, 0.15) is 11.9 Å². The smallest absolute Gasteiger partial charge is 0.191 e. The van der Waals surface area contributed by atoms with E-state index in [2.05, 4.69) is 0 Å². The second kappa shape index (κ2) is 4.75. The Morgan fingerprint density at radius 2 is 2.13 bits per heavy atom. The Morgan fingerprint density at radius 3 is 2.67 bits per heavy atom. The zero-order valence-electron chi connectivity index (χ0n) is 8.77. The summed E-state index contributed by atoms with van der Waals surface area (Å²) in [5, 5.41) is 18.5. The summed E-state index contributed by atoms with van der Waals surface area (Å²) in [6.07, 6.45) is 2.50. The molecule has 0 saturated heterocycles. The molecule has 2 N–H and O–H groups in total. The van der Waals surface area contributed by atoms with E-state index in [1.807, 2.05) is 6.92 Å². The first-order valence-corrected chi connectivity index (χ1v) is 4.74. The van der Waals surface area contributed by atoms with E-state index >= 15 is 0 Å². The van der Waals surface area contributed by atoms with Crippen LogP contribution in [0.2, 0.25) is 0 Å². The summed E-state index contributed by atoms with van der Waals surface area (Å²) in [6, 6.07) is 4.52. The van der Waals surface area contributed by atoms with E-state index in [0.717, 1.165) is 0 Å². The van der Waals surface area contributed by atoms with Gasteiger partial charge in [0.15, 0.2) is 5.78 Å². The van der Waals surface area contributed by atoms with Crippen LogP contribution in [0.15, 0.2) is 24.3 Å². The molecule has 0 aromatic heterocycles. The van der Waals surface area contributed by atoms with Crippen LogP contribution >= 0.6 is 0 Å². The number of allylic oxidation sites excluding steroid dienone is 1. The molecule has 0 spiro atoms. The van der Waals surface area contributed by atoms with Gasteiger partial charge in [0.2, 0.25) is 0 Å². The Labute approximate surface area is 88.7 Å². The lowest BCUT2D eigenvalue weighted by molar-refractivity contribution is 0.0779. The zero-order valence-corrected chi connectivity index (χ0v) is 8.77. The van der Waals surface area contributed by atoms with Crippen LogP contribution in [0.25, 0.3) is 6.08 Å². The lowest BCUT2D eigenvalue weighted by Crippen LogP contribution is -2.17. The first kappa shape index (κ1) is 11.5. The van der Waals surface area contributed by atoms with Gasteiger partial charge in [0.25, 0.3) is 0 Å². The zero-order chi connectivity index (χ0) is 11.4. The quantitative estimate of drug-likeness (QED) is 0.743. The molecular formula is C12H14O3. The minimum atomic E-state index is -1.06. The number of hydrogen-bond donors (Lipinski definition) is 2. The van der Waals surface area contributed by atoms with Gasteiger partial charge in [-0.15, -0.1) is 0 Å². The lowest BCUT2D eigenvalue weighted by Gasteiger charge is -2.07. The number of aliphatic hydroxyl groups excluding tert-OH is 1. The van der Waals surface area contributed by atoms with Crippen LogP contribution in [0.5, 0.6) is 5.75 Å². The largest absolute Gasteiger partial charge is 0.508 e. The van der Waals surface area contributed by atoms with Crippen molar-refractivity contribution in [2.45, 2.75) is 20.0 Å². The maximum Gasteiger partial charge on any atom is 0.191 e. The van der Waals surface area contributed by atoms with Gasteiger partial charge in [-0.3, -0.25) is 4.79 Å². The molecule has 15 heavy (non-hydrogen) atoms. The Balaban J connectivity index is 3.24. The van der Waals surface area contributed by atoms with Gasteiger partial charge in [0, 0.05) is 5.56 Å². The van der Waals surface area contributed by atoms with Gasteiger partial charge in [0.05, 0.1) is 0 Å². The average molecular weight is 206 g/mol. The summed E-state index contributed by atoms with van der Waals surface area (Å²) in [6.45, 7) is 3.25. The molecule has 80 valence electrons. The molecule has 3 nitrogen and oxygen atoms in total. The predicted molar refractivity (Wildman–Crippen MR) is 58.8 cm³/mol. The number of phenolic OH excluding ortho intramolecular Hbond substituents is 1. The normalized spacial score (nSPS) is 13.0. The molecule has 0 aliphatic heterocycles. The fraction of sp³-hybridized carbons (Fsp3) is 0.250. The van der Waals surface area contributed by atoms with E-state index in [9.17, 15) is 15.0 Å². The minimum absolute atomic E-state index is 0.0206. The Kier molecular flexibility index (Phi) is 3.63. The minimum Gasteiger partial charge on any atom is -0.508 e. The molecule has 0 fully saturated rings. The predicted octanol–water partition coefficient (Wildman–Crippen LogP) is 1.99. The summed E-state index contributed by atoms with van der Waals surface area (Å²) >= 11 is 0. The fourth-order valence-corrected chi connectivity index (χ4v) is 1.31. The van der Waals surface area contributed by atoms with Gasteiger partial charge >= 0.3 is 0 Å². The Morgan fingerprint density at radius 1 is 1.47 bits per heavy atom. The van der Waals surface area contributed by atoms with Crippen molar-refractivity contribution in [2.75, 3.05) is 0 Å². The number of phenols is 1. The second-order valence-electron chi connectivity index (χ2n) is 3.31. The van der Waals surface area contributed by atoms with Crippen molar-refractivity contribution >= 4 is 11.9 Å². The van der Waals surface area contributed by atoms with E-state index in [-0.39, 0.29) is 11.5 Å². The standard InChI is InChI=1S/C12H14O3/c1-3-4-9-5-6-10(14)7-11(9)12(15)8(2)13/h3-8,13-14H,1-2H3. The molecule has 1 aromatic rings. The third-order valence-corrected chi connectivity index (χ3v) is 2.03. The molecule has 1 unspecified atom stereocenters. The van der Waals surface area contributed by atoms with Gasteiger partial charge < -0.3 is 10.2 Å². The summed E-state index contributed by atoms with van der Waals surface area (Å²) in [5.74, 6) is -0.369. The van der Waals surface area contributed by atoms with Crippen LogP contribution in [0.1, 0.15) is 29.8 Å². The van der Waals surface area contributed by atoms with Gasteiger partial charge in [-0.05, 0) is 31.5 Å². The molecule has 0 radical (unpaired) electrons. The van der Waals surface area contributed by atoms with Crippen LogP contribution in [0.3, 0.4) is 0 Å². The molecule has 3 heteroatoms. The van der Waals surface area contributed by atoms with Crippen LogP contribution < -0.4 is 0 Å². The monoisotopic (exact) mass is 206 g/mol. The van der Waals surface area contributed by atoms with E-state index in [4.69, 9.17) is 0 Å². The van der Waals surface area contributed by atoms with Crippen molar-refractivity contribution in [3.8, 4) is 5.75 Å². The molecule has 0 amide bonds. The van der Waals surface area contributed by atoms with E-state index < -0.39 is 6.10 Å². The number of benzene rings is 1. The first-order chi connectivity index (χ1) is 7.06. The van der Waals surface area contributed by atoms with Gasteiger partial charge in [-0.1, -0.05) is 18.2 Å². The summed E-state index contributed by atoms with van der Waals surface area (Å²) in [5.41, 5.74) is 1.03. The number of aliphatic hydroxyl groups is 1. The highest BCUT2D eigenvalue weighted by molar-refractivity contribution is 6.02.